The molecule has 9 heteroatoms. The van der Waals surface area contributed by atoms with Crippen molar-refractivity contribution in [3.8, 4) is 5.75 Å². The number of hydrogen-bond acceptors (Lipinski definition) is 6. The molecular formula is C21H19N3O6. The van der Waals surface area contributed by atoms with Crippen molar-refractivity contribution in [2.75, 3.05) is 11.9 Å². The van der Waals surface area contributed by atoms with Crippen LogP contribution in [0.4, 0.5) is 5.69 Å². The number of nitrogens with one attached hydrogen (secondary N) is 2. The van der Waals surface area contributed by atoms with Gasteiger partial charge in [0.1, 0.15) is 12.0 Å². The number of piperidine rings is 1. The molecule has 2 unspecified atom stereocenters. The number of rotatable bonds is 5. The summed E-state index contributed by atoms with van der Waals surface area (Å²) in [6, 6.07) is 12.5. The number of benzene rings is 2. The number of anilines is 1. The summed E-state index contributed by atoms with van der Waals surface area (Å²) in [7, 11) is 0. The zero-order valence-corrected chi connectivity index (χ0v) is 15.8. The van der Waals surface area contributed by atoms with Gasteiger partial charge in [-0.25, -0.2) is 0 Å². The first-order valence-electron chi connectivity index (χ1n) is 9.41. The van der Waals surface area contributed by atoms with Gasteiger partial charge in [0.2, 0.25) is 5.91 Å². The minimum Gasteiger partial charge on any atom is -0.483 e. The van der Waals surface area contributed by atoms with Crippen LogP contribution >= 0.6 is 0 Å². The summed E-state index contributed by atoms with van der Waals surface area (Å²) < 4.78 is 5.54. The summed E-state index contributed by atoms with van der Waals surface area (Å²) in [5.74, 6) is -1.86. The van der Waals surface area contributed by atoms with Crippen LogP contribution in [0.5, 0.6) is 5.75 Å². The predicted molar refractivity (Wildman–Crippen MR) is 105 cm³/mol. The average Bonchev–Trinajstić information content (AvgIpc) is 2.98. The number of amides is 4. The summed E-state index contributed by atoms with van der Waals surface area (Å²) in [6.45, 7) is -0.352. The maximum absolute atomic E-state index is 13.0. The number of ether oxygens (including phenoxy) is 1. The number of nitrogens with zero attached hydrogens (tertiary/aromatic N) is 1. The number of carbonyl (C=O) groups excluding carboxylic acids is 4. The van der Waals surface area contributed by atoms with Crippen molar-refractivity contribution in [3.05, 3.63) is 59.7 Å². The molecule has 2 atom stereocenters. The Labute approximate surface area is 171 Å². The van der Waals surface area contributed by atoms with Gasteiger partial charge in [0.15, 0.2) is 6.61 Å². The molecule has 0 aromatic heterocycles. The quantitative estimate of drug-likeness (QED) is 0.630. The second-order valence-electron chi connectivity index (χ2n) is 6.98. The van der Waals surface area contributed by atoms with Crippen molar-refractivity contribution >= 4 is 29.3 Å². The second-order valence-corrected chi connectivity index (χ2v) is 6.98. The number of aliphatic hydroxyl groups is 1. The molecule has 0 radical (unpaired) electrons. The molecule has 4 rings (SSSR count). The van der Waals surface area contributed by atoms with E-state index in [2.05, 4.69) is 10.6 Å². The van der Waals surface area contributed by atoms with E-state index in [9.17, 15) is 24.3 Å². The molecule has 30 heavy (non-hydrogen) atoms. The van der Waals surface area contributed by atoms with E-state index in [0.717, 1.165) is 4.90 Å². The zero-order chi connectivity index (χ0) is 21.3. The molecule has 0 saturated carbocycles. The molecule has 4 amide bonds. The fourth-order valence-corrected chi connectivity index (χ4v) is 3.60. The van der Waals surface area contributed by atoms with Crippen molar-refractivity contribution in [2.24, 2.45) is 0 Å². The fourth-order valence-electron chi connectivity index (χ4n) is 3.60. The van der Waals surface area contributed by atoms with Crippen LogP contribution in [0, 0.1) is 0 Å². The van der Waals surface area contributed by atoms with Crippen LogP contribution in [0.2, 0.25) is 0 Å². The Bertz CT molecular complexity index is 1020. The zero-order valence-electron chi connectivity index (χ0n) is 15.8. The van der Waals surface area contributed by atoms with Crippen LogP contribution in [0.1, 0.15) is 33.6 Å². The van der Waals surface area contributed by atoms with Crippen molar-refractivity contribution in [2.45, 2.75) is 25.1 Å². The number of aliphatic hydroxyl groups excluding tert-OH is 1. The minimum atomic E-state index is -1.34. The highest BCUT2D eigenvalue weighted by molar-refractivity contribution is 6.23. The van der Waals surface area contributed by atoms with Gasteiger partial charge in [-0.05, 0) is 30.7 Å². The third-order valence-corrected chi connectivity index (χ3v) is 5.00. The van der Waals surface area contributed by atoms with Gasteiger partial charge in [-0.3, -0.25) is 24.1 Å². The standard InChI is InChI=1S/C21H19N3O6/c25-16-10-9-14(19(27)23-16)24-20(28)13-7-4-8-15(18(13)21(24)29)30-11-17(26)22-12-5-2-1-3-6-12/h1-8,14,19,27H,9-11H2,(H,22,26)(H,23,25). The Morgan fingerprint density at radius 1 is 1.10 bits per heavy atom. The number of para-hydroxylation sites is 1. The van der Waals surface area contributed by atoms with E-state index in [0.29, 0.717) is 5.69 Å². The molecule has 3 N–H and O–H groups in total. The van der Waals surface area contributed by atoms with Crippen LogP contribution in [0.3, 0.4) is 0 Å². The summed E-state index contributed by atoms with van der Waals surface area (Å²) in [6.07, 6.45) is -1.08. The van der Waals surface area contributed by atoms with Crippen molar-refractivity contribution in [1.82, 2.24) is 10.2 Å². The van der Waals surface area contributed by atoms with E-state index in [4.69, 9.17) is 4.74 Å². The minimum absolute atomic E-state index is 0.0408. The molecule has 1 fully saturated rings. The highest BCUT2D eigenvalue weighted by Gasteiger charge is 2.45. The van der Waals surface area contributed by atoms with Crippen molar-refractivity contribution in [1.29, 1.82) is 0 Å². The van der Waals surface area contributed by atoms with Gasteiger partial charge >= 0.3 is 0 Å². The van der Waals surface area contributed by atoms with Crippen LogP contribution in [0.15, 0.2) is 48.5 Å². The first-order chi connectivity index (χ1) is 14.5. The van der Waals surface area contributed by atoms with Crippen LogP contribution < -0.4 is 15.4 Å². The van der Waals surface area contributed by atoms with E-state index in [-0.39, 0.29) is 42.2 Å². The Balaban J connectivity index is 1.50. The Morgan fingerprint density at radius 3 is 2.60 bits per heavy atom. The molecule has 9 nitrogen and oxygen atoms in total. The summed E-state index contributed by atoms with van der Waals surface area (Å²) in [4.78, 5) is 50.3. The van der Waals surface area contributed by atoms with Crippen LogP contribution in [0.25, 0.3) is 0 Å². The van der Waals surface area contributed by atoms with Gasteiger partial charge in [0, 0.05) is 12.1 Å². The maximum Gasteiger partial charge on any atom is 0.265 e. The smallest absolute Gasteiger partial charge is 0.265 e. The third kappa shape index (κ3) is 3.62. The fraction of sp³-hybridized carbons (Fsp3) is 0.238. The lowest BCUT2D eigenvalue weighted by molar-refractivity contribution is -0.129. The highest BCUT2D eigenvalue weighted by Crippen LogP contribution is 2.34. The molecule has 2 aromatic carbocycles. The molecule has 2 heterocycles. The molecule has 0 bridgehead atoms. The topological polar surface area (TPSA) is 125 Å². The summed E-state index contributed by atoms with van der Waals surface area (Å²) >= 11 is 0. The second kappa shape index (κ2) is 7.96. The normalized spacial score (nSPS) is 20.6. The molecular weight excluding hydrogens is 390 g/mol. The van der Waals surface area contributed by atoms with E-state index in [1.54, 1.807) is 30.3 Å². The molecule has 2 aliphatic rings. The van der Waals surface area contributed by atoms with Crippen molar-refractivity contribution < 1.29 is 29.0 Å². The highest BCUT2D eigenvalue weighted by atomic mass is 16.5. The van der Waals surface area contributed by atoms with Gasteiger partial charge in [-0.15, -0.1) is 0 Å². The van der Waals surface area contributed by atoms with Gasteiger partial charge in [-0.1, -0.05) is 24.3 Å². The molecule has 2 aliphatic heterocycles. The number of hydrogen-bond donors (Lipinski definition) is 3. The molecule has 0 spiro atoms. The first kappa shape index (κ1) is 19.6. The average molecular weight is 409 g/mol. The van der Waals surface area contributed by atoms with Crippen LogP contribution in [-0.4, -0.2) is 52.5 Å². The summed E-state index contributed by atoms with van der Waals surface area (Å²) in [5.41, 5.74) is 0.777. The summed E-state index contributed by atoms with van der Waals surface area (Å²) in [5, 5.41) is 15.1. The van der Waals surface area contributed by atoms with E-state index >= 15 is 0 Å². The van der Waals surface area contributed by atoms with E-state index in [1.807, 2.05) is 6.07 Å². The monoisotopic (exact) mass is 409 g/mol. The first-order valence-corrected chi connectivity index (χ1v) is 9.41. The van der Waals surface area contributed by atoms with Gasteiger partial charge in [0.25, 0.3) is 17.7 Å². The lowest BCUT2D eigenvalue weighted by Gasteiger charge is -2.33. The molecule has 154 valence electrons. The number of imide groups is 1. The van der Waals surface area contributed by atoms with Gasteiger partial charge in [0.05, 0.1) is 17.2 Å². The SMILES string of the molecule is O=C(COc1cccc2c1C(=O)N(C1CCC(=O)NC1O)C2=O)Nc1ccccc1. The Morgan fingerprint density at radius 2 is 1.87 bits per heavy atom. The molecule has 1 saturated heterocycles. The molecule has 0 aliphatic carbocycles. The van der Waals surface area contributed by atoms with Gasteiger partial charge in [-0.2, -0.15) is 0 Å². The van der Waals surface area contributed by atoms with E-state index in [1.165, 1.54) is 12.1 Å². The van der Waals surface area contributed by atoms with Gasteiger partial charge < -0.3 is 20.5 Å². The predicted octanol–water partition coefficient (Wildman–Crippen LogP) is 0.897. The van der Waals surface area contributed by atoms with E-state index < -0.39 is 30.0 Å². The Kier molecular flexibility index (Phi) is 5.20. The lowest BCUT2D eigenvalue weighted by atomic mass is 10.0. The lowest BCUT2D eigenvalue weighted by Crippen LogP contribution is -2.57. The molecule has 2 aromatic rings. The Hall–Kier alpha value is -3.72. The maximum atomic E-state index is 13.0. The third-order valence-electron chi connectivity index (χ3n) is 5.00. The largest absolute Gasteiger partial charge is 0.483 e. The number of carbonyl (C=O) groups is 4. The van der Waals surface area contributed by atoms with Crippen molar-refractivity contribution in [3.63, 3.8) is 0 Å². The number of fused-ring (bicyclic) bond motifs is 1. The van der Waals surface area contributed by atoms with Crippen LogP contribution in [-0.2, 0) is 9.59 Å².